The van der Waals surface area contributed by atoms with Gasteiger partial charge in [-0.2, -0.15) is 0 Å². The fraction of sp³-hybridized carbons (Fsp3) is 0.346. The van der Waals surface area contributed by atoms with Crippen LogP contribution in [0.1, 0.15) is 22.0 Å². The summed E-state index contributed by atoms with van der Waals surface area (Å²) in [4.78, 5) is 43.2. The van der Waals surface area contributed by atoms with Crippen LogP contribution in [0.25, 0.3) is 0 Å². The van der Waals surface area contributed by atoms with Crippen LogP contribution in [-0.4, -0.2) is 89.3 Å². The summed E-state index contributed by atoms with van der Waals surface area (Å²) >= 11 is 12.6. The molecule has 1 unspecified atom stereocenters. The number of nitrogens with one attached hydrogen (secondary N) is 1. The van der Waals surface area contributed by atoms with Crippen LogP contribution in [0.5, 0.6) is 0 Å². The Kier molecular flexibility index (Phi) is 8.31. The molecule has 2 aliphatic heterocycles. The maximum absolute atomic E-state index is 12.9. The van der Waals surface area contributed by atoms with Crippen LogP contribution >= 0.6 is 23.2 Å². The summed E-state index contributed by atoms with van der Waals surface area (Å²) < 4.78 is 0. The minimum absolute atomic E-state index is 0.00125. The molecule has 190 valence electrons. The number of hydrogen-bond acceptors (Lipinski definition) is 6. The van der Waals surface area contributed by atoms with Gasteiger partial charge in [0.1, 0.15) is 6.10 Å². The summed E-state index contributed by atoms with van der Waals surface area (Å²) in [6, 6.07) is 11.8. The Morgan fingerprint density at radius 1 is 1.03 bits per heavy atom. The van der Waals surface area contributed by atoms with Gasteiger partial charge in [0.05, 0.1) is 22.3 Å². The highest BCUT2D eigenvalue weighted by Gasteiger charge is 2.35. The summed E-state index contributed by atoms with van der Waals surface area (Å²) in [5, 5.41) is 13.9. The highest BCUT2D eigenvalue weighted by Crippen LogP contribution is 2.32. The molecular weight excluding hydrogens is 503 g/mol. The van der Waals surface area contributed by atoms with Crippen molar-refractivity contribution in [2.75, 3.05) is 51.1 Å². The quantitative estimate of drug-likeness (QED) is 0.402. The third kappa shape index (κ3) is 5.73. The largest absolute Gasteiger partial charge is 0.380 e. The number of rotatable bonds is 8. The minimum atomic E-state index is -1.37. The van der Waals surface area contributed by atoms with Gasteiger partial charge in [-0.1, -0.05) is 60.1 Å². The van der Waals surface area contributed by atoms with Crippen LogP contribution in [0.4, 0.5) is 5.69 Å². The number of aliphatic hydroxyl groups excluding tert-OH is 1. The van der Waals surface area contributed by atoms with Gasteiger partial charge in [-0.25, -0.2) is 0 Å². The van der Waals surface area contributed by atoms with Gasteiger partial charge in [-0.3, -0.25) is 19.3 Å². The molecule has 2 aromatic rings. The number of hydrogen-bond donors (Lipinski definition) is 2. The summed E-state index contributed by atoms with van der Waals surface area (Å²) in [6.45, 7) is 7.56. The van der Waals surface area contributed by atoms with Gasteiger partial charge in [0.15, 0.2) is 5.78 Å². The summed E-state index contributed by atoms with van der Waals surface area (Å²) in [5.41, 5.74) is 0.961. The highest BCUT2D eigenvalue weighted by atomic mass is 35.5. The first-order valence-electron chi connectivity index (χ1n) is 11.7. The lowest BCUT2D eigenvalue weighted by atomic mass is 9.99. The van der Waals surface area contributed by atoms with Gasteiger partial charge >= 0.3 is 0 Å². The molecule has 0 saturated carbocycles. The van der Waals surface area contributed by atoms with E-state index >= 15 is 0 Å². The summed E-state index contributed by atoms with van der Waals surface area (Å²) in [7, 11) is 0. The zero-order valence-corrected chi connectivity index (χ0v) is 21.2. The van der Waals surface area contributed by atoms with Crippen molar-refractivity contribution in [3.05, 3.63) is 76.3 Å². The number of carbonyl (C=O) groups is 3. The second-order valence-corrected chi connectivity index (χ2v) is 9.68. The average Bonchev–Trinajstić information content (AvgIpc) is 2.87. The third-order valence-electron chi connectivity index (χ3n) is 6.65. The monoisotopic (exact) mass is 530 g/mol. The molecule has 1 atom stereocenters. The highest BCUT2D eigenvalue weighted by molar-refractivity contribution is 6.38. The molecule has 2 aliphatic rings. The Hall–Kier alpha value is -2.91. The Balaban J connectivity index is 1.31. The van der Waals surface area contributed by atoms with Crippen LogP contribution < -0.4 is 5.32 Å². The zero-order valence-electron chi connectivity index (χ0n) is 19.7. The second kappa shape index (κ2) is 11.4. The van der Waals surface area contributed by atoms with E-state index in [9.17, 15) is 19.5 Å². The molecule has 0 radical (unpaired) electrons. The molecule has 10 heteroatoms. The second-order valence-electron chi connectivity index (χ2n) is 8.86. The molecular formula is C26H28Cl2N4O4. The van der Waals surface area contributed by atoms with E-state index in [1.54, 1.807) is 40.1 Å². The predicted octanol–water partition coefficient (Wildman–Crippen LogP) is 2.86. The molecule has 2 aromatic carbocycles. The predicted molar refractivity (Wildman–Crippen MR) is 139 cm³/mol. The molecule has 0 aromatic heterocycles. The maximum Gasteiger partial charge on any atom is 0.246 e. The molecule has 2 fully saturated rings. The van der Waals surface area contributed by atoms with Crippen molar-refractivity contribution >= 4 is 46.5 Å². The number of halogens is 2. The van der Waals surface area contributed by atoms with Crippen molar-refractivity contribution in [3.8, 4) is 0 Å². The van der Waals surface area contributed by atoms with Crippen molar-refractivity contribution in [3.63, 3.8) is 0 Å². The Morgan fingerprint density at radius 2 is 1.69 bits per heavy atom. The van der Waals surface area contributed by atoms with E-state index in [1.807, 2.05) is 0 Å². The molecule has 2 N–H and O–H groups in total. The number of piperazine rings is 1. The number of aliphatic hydroxyl groups is 1. The summed E-state index contributed by atoms with van der Waals surface area (Å²) in [5.74, 6) is -0.695. The summed E-state index contributed by atoms with van der Waals surface area (Å²) in [6.07, 6.45) is -0.0369. The Bertz CT molecular complexity index is 1150. The van der Waals surface area contributed by atoms with Crippen molar-refractivity contribution in [2.24, 2.45) is 0 Å². The number of anilines is 1. The maximum atomic E-state index is 12.9. The molecule has 0 bridgehead atoms. The lowest BCUT2D eigenvalue weighted by Crippen LogP contribution is -2.64. The van der Waals surface area contributed by atoms with Gasteiger partial charge < -0.3 is 20.2 Å². The van der Waals surface area contributed by atoms with Crippen molar-refractivity contribution < 1.29 is 19.5 Å². The molecule has 4 rings (SSSR count). The van der Waals surface area contributed by atoms with E-state index in [0.29, 0.717) is 43.5 Å². The van der Waals surface area contributed by atoms with Crippen molar-refractivity contribution in [1.82, 2.24) is 14.7 Å². The topological polar surface area (TPSA) is 93.2 Å². The molecule has 0 aliphatic carbocycles. The number of Topliss-reactive ketones (excluding diaryl/α,β-unsaturated/α-hetero) is 1. The van der Waals surface area contributed by atoms with E-state index in [0.717, 1.165) is 13.1 Å². The van der Waals surface area contributed by atoms with Crippen LogP contribution in [-0.2, 0) is 9.59 Å². The number of likely N-dealkylation sites (tertiary alicyclic amines) is 1. The van der Waals surface area contributed by atoms with Gasteiger partial charge in [0.25, 0.3) is 0 Å². The van der Waals surface area contributed by atoms with E-state index < -0.39 is 11.9 Å². The molecule has 36 heavy (non-hydrogen) atoms. The molecule has 2 heterocycles. The third-order valence-corrected chi connectivity index (χ3v) is 7.27. The van der Waals surface area contributed by atoms with E-state index in [1.165, 1.54) is 18.2 Å². The standard InChI is InChI=1S/C26H28Cl2N4O4/c1-2-23(33)32-15-18(16-32)30-8-10-31(11-9-30)24(34)14-29-22-12-19(20(27)13-21(22)28)26(36)25(35)17-6-4-3-5-7-17/h2-7,12-13,18,25,29,35H,1,8-11,14-16H2. The zero-order chi connectivity index (χ0) is 25.8. The average molecular weight is 531 g/mol. The fourth-order valence-electron chi connectivity index (χ4n) is 4.42. The van der Waals surface area contributed by atoms with E-state index in [4.69, 9.17) is 23.2 Å². The number of amides is 2. The lowest BCUT2D eigenvalue weighted by Gasteiger charge is -2.47. The minimum Gasteiger partial charge on any atom is -0.380 e. The van der Waals surface area contributed by atoms with Crippen LogP contribution in [0.15, 0.2) is 55.1 Å². The molecule has 2 amide bonds. The van der Waals surface area contributed by atoms with Gasteiger partial charge in [-0.05, 0) is 23.8 Å². The van der Waals surface area contributed by atoms with Crippen LogP contribution in [0.2, 0.25) is 10.0 Å². The van der Waals surface area contributed by atoms with E-state index in [-0.39, 0.29) is 34.0 Å². The molecule has 2 saturated heterocycles. The van der Waals surface area contributed by atoms with Crippen LogP contribution in [0.3, 0.4) is 0 Å². The lowest BCUT2D eigenvalue weighted by molar-refractivity contribution is -0.135. The number of carbonyl (C=O) groups excluding carboxylic acids is 3. The fourth-order valence-corrected chi connectivity index (χ4v) is 4.96. The van der Waals surface area contributed by atoms with Gasteiger partial charge in [0, 0.05) is 50.9 Å². The Morgan fingerprint density at radius 3 is 2.33 bits per heavy atom. The first-order valence-corrected chi connectivity index (χ1v) is 12.5. The van der Waals surface area contributed by atoms with E-state index in [2.05, 4.69) is 16.8 Å². The Labute approximate surface area is 220 Å². The SMILES string of the molecule is C=CC(=O)N1CC(N2CCN(C(=O)CNc3cc(C(=O)C(O)c4ccccc4)c(Cl)cc3Cl)CC2)C1. The normalized spacial score (nSPS) is 17.3. The molecule has 8 nitrogen and oxygen atoms in total. The van der Waals surface area contributed by atoms with Crippen molar-refractivity contribution in [1.29, 1.82) is 0 Å². The molecule has 0 spiro atoms. The smallest absolute Gasteiger partial charge is 0.246 e. The van der Waals surface area contributed by atoms with Gasteiger partial charge in [-0.15, -0.1) is 0 Å². The first-order chi connectivity index (χ1) is 17.3. The number of ketones is 1. The van der Waals surface area contributed by atoms with Gasteiger partial charge in [0.2, 0.25) is 11.8 Å². The first kappa shape index (κ1) is 26.2. The number of nitrogens with zero attached hydrogens (tertiary/aromatic N) is 3. The van der Waals surface area contributed by atoms with Crippen molar-refractivity contribution in [2.45, 2.75) is 12.1 Å². The number of benzene rings is 2. The van der Waals surface area contributed by atoms with Crippen LogP contribution in [0, 0.1) is 0 Å².